The molecule has 1 atom stereocenters. The van der Waals surface area contributed by atoms with Crippen LogP contribution in [0.2, 0.25) is 0 Å². The zero-order valence-corrected chi connectivity index (χ0v) is 9.77. The SMILES string of the molecule is CCOC(=O)CCNC(C)c1ccccn1. The van der Waals surface area contributed by atoms with Crippen molar-refractivity contribution in [3.63, 3.8) is 0 Å². The number of hydrogen-bond donors (Lipinski definition) is 1. The Labute approximate surface area is 96.0 Å². The first kappa shape index (κ1) is 12.6. The fraction of sp³-hybridized carbons (Fsp3) is 0.500. The monoisotopic (exact) mass is 222 g/mol. The van der Waals surface area contributed by atoms with Crippen LogP contribution in [-0.4, -0.2) is 24.1 Å². The van der Waals surface area contributed by atoms with E-state index in [9.17, 15) is 4.79 Å². The first-order valence-electron chi connectivity index (χ1n) is 5.54. The molecule has 4 nitrogen and oxygen atoms in total. The van der Waals surface area contributed by atoms with Gasteiger partial charge in [0.2, 0.25) is 0 Å². The van der Waals surface area contributed by atoms with Crippen molar-refractivity contribution in [2.75, 3.05) is 13.2 Å². The van der Waals surface area contributed by atoms with Crippen molar-refractivity contribution < 1.29 is 9.53 Å². The Hall–Kier alpha value is -1.42. The van der Waals surface area contributed by atoms with Crippen molar-refractivity contribution in [2.24, 2.45) is 0 Å². The van der Waals surface area contributed by atoms with Crippen LogP contribution in [0.4, 0.5) is 0 Å². The Kier molecular flexibility index (Phi) is 5.50. The minimum atomic E-state index is -0.164. The van der Waals surface area contributed by atoms with Gasteiger partial charge in [-0.15, -0.1) is 0 Å². The molecule has 1 aromatic rings. The van der Waals surface area contributed by atoms with E-state index in [1.165, 1.54) is 0 Å². The highest BCUT2D eigenvalue weighted by atomic mass is 16.5. The van der Waals surface area contributed by atoms with Gasteiger partial charge in [0.15, 0.2) is 0 Å². The van der Waals surface area contributed by atoms with Gasteiger partial charge in [-0.1, -0.05) is 6.07 Å². The van der Waals surface area contributed by atoms with Gasteiger partial charge in [0.25, 0.3) is 0 Å². The van der Waals surface area contributed by atoms with Crippen molar-refractivity contribution in [3.05, 3.63) is 30.1 Å². The number of nitrogens with zero attached hydrogens (tertiary/aromatic N) is 1. The molecule has 0 aliphatic heterocycles. The van der Waals surface area contributed by atoms with Crippen LogP contribution in [0, 0.1) is 0 Å². The summed E-state index contributed by atoms with van der Waals surface area (Å²) in [5, 5.41) is 3.22. The lowest BCUT2D eigenvalue weighted by atomic mass is 10.2. The van der Waals surface area contributed by atoms with Crippen molar-refractivity contribution >= 4 is 5.97 Å². The number of rotatable bonds is 6. The largest absolute Gasteiger partial charge is 0.466 e. The summed E-state index contributed by atoms with van der Waals surface area (Å²) >= 11 is 0. The van der Waals surface area contributed by atoms with Crippen LogP contribution in [-0.2, 0) is 9.53 Å². The lowest BCUT2D eigenvalue weighted by Crippen LogP contribution is -2.23. The molecule has 0 aromatic carbocycles. The van der Waals surface area contributed by atoms with Crippen LogP contribution in [0.1, 0.15) is 32.0 Å². The van der Waals surface area contributed by atoms with E-state index in [4.69, 9.17) is 4.74 Å². The Bertz CT molecular complexity index is 314. The maximum absolute atomic E-state index is 11.1. The molecule has 0 saturated heterocycles. The molecule has 1 N–H and O–H groups in total. The maximum atomic E-state index is 11.1. The van der Waals surface area contributed by atoms with E-state index in [0.29, 0.717) is 19.6 Å². The second-order valence-electron chi connectivity index (χ2n) is 3.49. The highest BCUT2D eigenvalue weighted by Crippen LogP contribution is 2.07. The lowest BCUT2D eigenvalue weighted by Gasteiger charge is -2.12. The lowest BCUT2D eigenvalue weighted by molar-refractivity contribution is -0.143. The number of carbonyl (C=O) groups excluding carboxylic acids is 1. The topological polar surface area (TPSA) is 51.2 Å². The first-order chi connectivity index (χ1) is 7.74. The van der Waals surface area contributed by atoms with Gasteiger partial charge in [0.05, 0.1) is 18.7 Å². The second kappa shape index (κ2) is 6.95. The number of hydrogen-bond acceptors (Lipinski definition) is 4. The zero-order chi connectivity index (χ0) is 11.8. The minimum absolute atomic E-state index is 0.149. The smallest absolute Gasteiger partial charge is 0.307 e. The fourth-order valence-electron chi connectivity index (χ4n) is 1.36. The number of aromatic nitrogens is 1. The van der Waals surface area contributed by atoms with E-state index >= 15 is 0 Å². The highest BCUT2D eigenvalue weighted by molar-refractivity contribution is 5.69. The quantitative estimate of drug-likeness (QED) is 0.744. The molecule has 88 valence electrons. The van der Waals surface area contributed by atoms with Crippen molar-refractivity contribution in [1.82, 2.24) is 10.3 Å². The summed E-state index contributed by atoms with van der Waals surface area (Å²) < 4.78 is 4.83. The molecule has 1 unspecified atom stereocenters. The first-order valence-corrected chi connectivity index (χ1v) is 5.54. The van der Waals surface area contributed by atoms with Crippen molar-refractivity contribution in [1.29, 1.82) is 0 Å². The number of pyridine rings is 1. The van der Waals surface area contributed by atoms with Gasteiger partial charge >= 0.3 is 5.97 Å². The summed E-state index contributed by atoms with van der Waals surface area (Å²) in [6.45, 7) is 4.88. The Morgan fingerprint density at radius 3 is 3.00 bits per heavy atom. The van der Waals surface area contributed by atoms with E-state index in [-0.39, 0.29) is 12.0 Å². The normalized spacial score (nSPS) is 12.1. The van der Waals surface area contributed by atoms with Crippen LogP contribution >= 0.6 is 0 Å². The molecule has 0 radical (unpaired) electrons. The van der Waals surface area contributed by atoms with Gasteiger partial charge in [-0.3, -0.25) is 9.78 Å². The van der Waals surface area contributed by atoms with E-state index in [1.807, 2.05) is 32.0 Å². The van der Waals surface area contributed by atoms with Crippen LogP contribution in [0.3, 0.4) is 0 Å². The molecule has 0 aliphatic carbocycles. The summed E-state index contributed by atoms with van der Waals surface area (Å²) in [7, 11) is 0. The molecule has 0 saturated carbocycles. The molecular formula is C12H18N2O2. The maximum Gasteiger partial charge on any atom is 0.307 e. The van der Waals surface area contributed by atoms with Gasteiger partial charge in [-0.05, 0) is 26.0 Å². The molecular weight excluding hydrogens is 204 g/mol. The third-order valence-electron chi connectivity index (χ3n) is 2.22. The Balaban J connectivity index is 2.26. The summed E-state index contributed by atoms with van der Waals surface area (Å²) in [6, 6.07) is 5.94. The number of nitrogens with one attached hydrogen (secondary N) is 1. The van der Waals surface area contributed by atoms with Gasteiger partial charge in [-0.25, -0.2) is 0 Å². The molecule has 4 heteroatoms. The molecule has 16 heavy (non-hydrogen) atoms. The number of carbonyl (C=O) groups is 1. The van der Waals surface area contributed by atoms with E-state index in [0.717, 1.165) is 5.69 Å². The number of ether oxygens (including phenoxy) is 1. The predicted molar refractivity (Wildman–Crippen MR) is 61.9 cm³/mol. The molecule has 0 bridgehead atoms. The predicted octanol–water partition coefficient (Wildman–Crippen LogP) is 1.69. The van der Waals surface area contributed by atoms with Gasteiger partial charge in [0.1, 0.15) is 0 Å². The van der Waals surface area contributed by atoms with Crippen LogP contribution < -0.4 is 5.32 Å². The van der Waals surface area contributed by atoms with Crippen LogP contribution in [0.25, 0.3) is 0 Å². The van der Waals surface area contributed by atoms with Gasteiger partial charge in [-0.2, -0.15) is 0 Å². The van der Waals surface area contributed by atoms with Gasteiger partial charge in [0, 0.05) is 18.8 Å². The summed E-state index contributed by atoms with van der Waals surface area (Å²) in [4.78, 5) is 15.3. The molecule has 0 aliphatic rings. The highest BCUT2D eigenvalue weighted by Gasteiger charge is 2.06. The zero-order valence-electron chi connectivity index (χ0n) is 9.77. The van der Waals surface area contributed by atoms with Crippen LogP contribution in [0.5, 0.6) is 0 Å². The van der Waals surface area contributed by atoms with Gasteiger partial charge < -0.3 is 10.1 Å². The van der Waals surface area contributed by atoms with Crippen molar-refractivity contribution in [2.45, 2.75) is 26.3 Å². The van der Waals surface area contributed by atoms with E-state index in [1.54, 1.807) is 6.20 Å². The molecule has 0 spiro atoms. The Morgan fingerprint density at radius 2 is 2.38 bits per heavy atom. The Morgan fingerprint density at radius 1 is 1.56 bits per heavy atom. The third kappa shape index (κ3) is 4.40. The summed E-state index contributed by atoms with van der Waals surface area (Å²) in [6.07, 6.45) is 2.16. The van der Waals surface area contributed by atoms with E-state index < -0.39 is 0 Å². The van der Waals surface area contributed by atoms with Crippen LogP contribution in [0.15, 0.2) is 24.4 Å². The fourth-order valence-corrected chi connectivity index (χ4v) is 1.36. The summed E-state index contributed by atoms with van der Waals surface area (Å²) in [5.41, 5.74) is 0.978. The minimum Gasteiger partial charge on any atom is -0.466 e. The molecule has 0 amide bonds. The average Bonchev–Trinajstić information content (AvgIpc) is 2.30. The summed E-state index contributed by atoms with van der Waals surface area (Å²) in [5.74, 6) is -0.164. The third-order valence-corrected chi connectivity index (χ3v) is 2.22. The molecule has 1 aromatic heterocycles. The average molecular weight is 222 g/mol. The van der Waals surface area contributed by atoms with Crippen molar-refractivity contribution in [3.8, 4) is 0 Å². The molecule has 1 rings (SSSR count). The second-order valence-corrected chi connectivity index (χ2v) is 3.49. The number of esters is 1. The molecule has 0 fully saturated rings. The molecule has 1 heterocycles. The standard InChI is InChI=1S/C12H18N2O2/c1-3-16-12(15)7-9-13-10(2)11-6-4-5-8-14-11/h4-6,8,10,13H,3,7,9H2,1-2H3. The van der Waals surface area contributed by atoms with E-state index in [2.05, 4.69) is 10.3 Å².